The highest BCUT2D eigenvalue weighted by Crippen LogP contribution is 2.23. The van der Waals surface area contributed by atoms with Gasteiger partial charge in [-0.1, -0.05) is 24.3 Å². The number of carbonyl (C=O) groups is 2. The number of nitrogens with one attached hydrogen (secondary N) is 1. The average Bonchev–Trinajstić information content (AvgIpc) is 3.23. The molecule has 2 amide bonds. The van der Waals surface area contributed by atoms with Crippen molar-refractivity contribution in [3.05, 3.63) is 52.7 Å². The van der Waals surface area contributed by atoms with Gasteiger partial charge in [-0.3, -0.25) is 14.5 Å². The van der Waals surface area contributed by atoms with Crippen molar-refractivity contribution in [2.24, 2.45) is 0 Å². The lowest BCUT2D eigenvalue weighted by Gasteiger charge is -2.23. The zero-order chi connectivity index (χ0) is 16.9. The Labute approximate surface area is 145 Å². The van der Waals surface area contributed by atoms with Crippen LogP contribution in [0.2, 0.25) is 0 Å². The molecule has 1 aliphatic heterocycles. The Balaban J connectivity index is 1.52. The minimum Gasteiger partial charge on any atom is -0.350 e. The first-order valence-electron chi connectivity index (χ1n) is 8.01. The molecule has 5 nitrogen and oxygen atoms in total. The summed E-state index contributed by atoms with van der Waals surface area (Å²) in [6.07, 6.45) is 0.739. The summed E-state index contributed by atoms with van der Waals surface area (Å²) in [6.45, 7) is 1.46. The van der Waals surface area contributed by atoms with Gasteiger partial charge < -0.3 is 10.2 Å². The second kappa shape index (κ2) is 7.59. The molecular formula is C18H21N3O2S. The Morgan fingerprint density at radius 3 is 2.79 bits per heavy atom. The summed E-state index contributed by atoms with van der Waals surface area (Å²) in [4.78, 5) is 29.5. The van der Waals surface area contributed by atoms with Crippen LogP contribution in [0.1, 0.15) is 11.3 Å². The van der Waals surface area contributed by atoms with Crippen LogP contribution in [0.25, 0.3) is 0 Å². The standard InChI is InChI=1S/C18H21N3O2S/c1-20(13-17(22)19-12-15-8-5-11-24-15)16-9-10-21(18(16)23)14-6-3-2-4-7-14/h2-8,11,16H,9-10,12-13H2,1H3,(H,19,22)/t16-/m1/s1. The molecule has 24 heavy (non-hydrogen) atoms. The highest BCUT2D eigenvalue weighted by Gasteiger charge is 2.35. The van der Waals surface area contributed by atoms with Crippen molar-refractivity contribution in [2.75, 3.05) is 25.0 Å². The number of amides is 2. The van der Waals surface area contributed by atoms with E-state index >= 15 is 0 Å². The summed E-state index contributed by atoms with van der Waals surface area (Å²) in [6, 6.07) is 13.4. The Morgan fingerprint density at radius 2 is 2.08 bits per heavy atom. The largest absolute Gasteiger partial charge is 0.350 e. The first-order chi connectivity index (χ1) is 11.6. The predicted octanol–water partition coefficient (Wildman–Crippen LogP) is 2.10. The van der Waals surface area contributed by atoms with Gasteiger partial charge in [0, 0.05) is 17.1 Å². The molecule has 1 saturated heterocycles. The number of hydrogen-bond acceptors (Lipinski definition) is 4. The van der Waals surface area contributed by atoms with Gasteiger partial charge in [-0.05, 0) is 37.0 Å². The summed E-state index contributed by atoms with van der Waals surface area (Å²) >= 11 is 1.62. The molecule has 3 rings (SSSR count). The Bertz CT molecular complexity index is 688. The van der Waals surface area contributed by atoms with Gasteiger partial charge in [0.2, 0.25) is 11.8 Å². The van der Waals surface area contributed by atoms with Gasteiger partial charge in [0.25, 0.3) is 0 Å². The van der Waals surface area contributed by atoms with Gasteiger partial charge in [-0.2, -0.15) is 0 Å². The second-order valence-electron chi connectivity index (χ2n) is 5.90. The third-order valence-corrected chi connectivity index (χ3v) is 5.09. The van der Waals surface area contributed by atoms with E-state index in [1.54, 1.807) is 16.2 Å². The van der Waals surface area contributed by atoms with Gasteiger partial charge >= 0.3 is 0 Å². The third-order valence-electron chi connectivity index (χ3n) is 4.21. The molecule has 6 heteroatoms. The lowest BCUT2D eigenvalue weighted by atomic mass is 10.2. The van der Waals surface area contributed by atoms with Crippen molar-refractivity contribution < 1.29 is 9.59 Å². The first-order valence-corrected chi connectivity index (χ1v) is 8.89. The number of carbonyl (C=O) groups excluding carboxylic acids is 2. The van der Waals surface area contributed by atoms with E-state index in [1.165, 1.54) is 0 Å². The fourth-order valence-electron chi connectivity index (χ4n) is 2.93. The third kappa shape index (κ3) is 3.83. The maximum absolute atomic E-state index is 12.6. The van der Waals surface area contributed by atoms with Crippen molar-refractivity contribution in [3.8, 4) is 0 Å². The highest BCUT2D eigenvalue weighted by molar-refractivity contribution is 7.09. The molecule has 1 N–H and O–H groups in total. The summed E-state index contributed by atoms with van der Waals surface area (Å²) in [5.74, 6) is 0.00613. The Hall–Kier alpha value is -2.18. The van der Waals surface area contributed by atoms with E-state index in [-0.39, 0.29) is 24.4 Å². The topological polar surface area (TPSA) is 52.7 Å². The Kier molecular flexibility index (Phi) is 5.27. The van der Waals surface area contributed by atoms with E-state index in [4.69, 9.17) is 0 Å². The zero-order valence-corrected chi connectivity index (χ0v) is 14.5. The van der Waals surface area contributed by atoms with Crippen LogP contribution < -0.4 is 10.2 Å². The quantitative estimate of drug-likeness (QED) is 0.874. The summed E-state index contributed by atoms with van der Waals surface area (Å²) in [5.41, 5.74) is 0.917. The summed E-state index contributed by atoms with van der Waals surface area (Å²) in [7, 11) is 1.84. The minimum absolute atomic E-state index is 0.0585. The summed E-state index contributed by atoms with van der Waals surface area (Å²) in [5, 5.41) is 4.89. The molecule has 1 aromatic heterocycles. The maximum Gasteiger partial charge on any atom is 0.244 e. The molecule has 0 saturated carbocycles. The fourth-order valence-corrected chi connectivity index (χ4v) is 3.57. The van der Waals surface area contributed by atoms with Crippen LogP contribution in [0.5, 0.6) is 0 Å². The molecule has 0 unspecified atom stereocenters. The molecule has 1 aliphatic rings. The lowest BCUT2D eigenvalue weighted by molar-refractivity contribution is -0.125. The van der Waals surface area contributed by atoms with E-state index in [1.807, 2.05) is 59.8 Å². The van der Waals surface area contributed by atoms with Gasteiger partial charge in [0.1, 0.15) is 0 Å². The number of benzene rings is 1. The number of nitrogens with zero attached hydrogens (tertiary/aromatic N) is 2. The van der Waals surface area contributed by atoms with E-state index in [2.05, 4.69) is 5.32 Å². The molecule has 0 bridgehead atoms. The number of hydrogen-bond donors (Lipinski definition) is 1. The smallest absolute Gasteiger partial charge is 0.244 e. The van der Waals surface area contributed by atoms with Crippen molar-refractivity contribution in [1.82, 2.24) is 10.2 Å². The SMILES string of the molecule is CN(CC(=O)NCc1cccs1)[C@@H]1CCN(c2ccccc2)C1=O. The summed E-state index contributed by atoms with van der Waals surface area (Å²) < 4.78 is 0. The van der Waals surface area contributed by atoms with Crippen LogP contribution >= 0.6 is 11.3 Å². The number of anilines is 1. The minimum atomic E-state index is -0.238. The fraction of sp³-hybridized carbons (Fsp3) is 0.333. The van der Waals surface area contributed by atoms with Gasteiger partial charge in [0.15, 0.2) is 0 Å². The average molecular weight is 343 g/mol. The second-order valence-corrected chi connectivity index (χ2v) is 6.93. The normalized spacial score (nSPS) is 17.5. The van der Waals surface area contributed by atoms with E-state index < -0.39 is 0 Å². The van der Waals surface area contributed by atoms with Crippen LogP contribution in [0.3, 0.4) is 0 Å². The van der Waals surface area contributed by atoms with Gasteiger partial charge in [0.05, 0.1) is 19.1 Å². The van der Waals surface area contributed by atoms with E-state index in [0.717, 1.165) is 17.0 Å². The van der Waals surface area contributed by atoms with E-state index in [9.17, 15) is 9.59 Å². The van der Waals surface area contributed by atoms with Crippen molar-refractivity contribution in [2.45, 2.75) is 19.0 Å². The number of rotatable bonds is 6. The molecule has 126 valence electrons. The van der Waals surface area contributed by atoms with Crippen molar-refractivity contribution in [1.29, 1.82) is 0 Å². The molecule has 2 heterocycles. The number of likely N-dealkylation sites (N-methyl/N-ethyl adjacent to an activating group) is 1. The highest BCUT2D eigenvalue weighted by atomic mass is 32.1. The monoisotopic (exact) mass is 343 g/mol. The van der Waals surface area contributed by atoms with Crippen LogP contribution in [-0.4, -0.2) is 42.9 Å². The van der Waals surface area contributed by atoms with Crippen LogP contribution in [-0.2, 0) is 16.1 Å². The number of para-hydroxylation sites is 1. The number of thiophene rings is 1. The molecule has 2 aromatic rings. The van der Waals surface area contributed by atoms with Gasteiger partial charge in [-0.15, -0.1) is 11.3 Å². The molecule has 1 atom stereocenters. The van der Waals surface area contributed by atoms with Crippen LogP contribution in [0.4, 0.5) is 5.69 Å². The van der Waals surface area contributed by atoms with Gasteiger partial charge in [-0.25, -0.2) is 0 Å². The first kappa shape index (κ1) is 16.7. The maximum atomic E-state index is 12.6. The predicted molar refractivity (Wildman–Crippen MR) is 96.0 cm³/mol. The molecule has 1 fully saturated rings. The molecule has 0 aliphatic carbocycles. The van der Waals surface area contributed by atoms with Crippen LogP contribution in [0.15, 0.2) is 47.8 Å². The zero-order valence-electron chi connectivity index (χ0n) is 13.6. The molecule has 1 aromatic carbocycles. The van der Waals surface area contributed by atoms with E-state index in [0.29, 0.717) is 13.1 Å². The van der Waals surface area contributed by atoms with Crippen molar-refractivity contribution >= 4 is 28.8 Å². The molecule has 0 radical (unpaired) electrons. The lowest BCUT2D eigenvalue weighted by Crippen LogP contribution is -2.44. The van der Waals surface area contributed by atoms with Crippen molar-refractivity contribution in [3.63, 3.8) is 0 Å². The Morgan fingerprint density at radius 1 is 1.29 bits per heavy atom. The molecular weight excluding hydrogens is 322 g/mol. The van der Waals surface area contributed by atoms with Crippen LogP contribution in [0, 0.1) is 0 Å². The molecule has 0 spiro atoms.